The minimum Gasteiger partial charge on any atom is -0.545 e. The molecular weight excluding hydrogens is 322 g/mol. The number of aromatic carboxylic acids is 1. The summed E-state index contributed by atoms with van der Waals surface area (Å²) in [5, 5.41) is 14.3. The van der Waals surface area contributed by atoms with Crippen molar-refractivity contribution in [2.24, 2.45) is 5.16 Å². The number of carboxylic acids is 1. The van der Waals surface area contributed by atoms with Crippen LogP contribution in [-0.4, -0.2) is 17.7 Å². The first-order valence-electron chi connectivity index (χ1n) is 7.54. The Labute approximate surface area is 144 Å². The molecule has 2 aromatic carbocycles. The van der Waals surface area contributed by atoms with Crippen LogP contribution in [0.3, 0.4) is 0 Å². The molecule has 0 unspecified atom stereocenters. The molecule has 126 valence electrons. The number of carbonyl (C=O) groups excluding carboxylic acids is 2. The fourth-order valence-corrected chi connectivity index (χ4v) is 2.25. The number of carbonyl (C=O) groups is 2. The quantitative estimate of drug-likeness (QED) is 0.615. The van der Waals surface area contributed by atoms with Crippen LogP contribution >= 0.6 is 0 Å². The summed E-state index contributed by atoms with van der Waals surface area (Å²) in [6.07, 6.45) is 1.70. The second-order valence-corrected chi connectivity index (χ2v) is 5.46. The third kappa shape index (κ3) is 3.92. The second-order valence-electron chi connectivity index (χ2n) is 5.46. The van der Waals surface area contributed by atoms with Crippen LogP contribution in [0.15, 0.2) is 59.3 Å². The molecule has 1 heterocycles. The second kappa shape index (κ2) is 7.00. The van der Waals surface area contributed by atoms with Crippen molar-refractivity contribution < 1.29 is 24.3 Å². The van der Waals surface area contributed by atoms with Crippen LogP contribution in [0.1, 0.15) is 28.4 Å². The van der Waals surface area contributed by atoms with E-state index in [2.05, 4.69) is 9.99 Å². The number of ether oxygens (including phenoxy) is 1. The highest BCUT2D eigenvalue weighted by Gasteiger charge is 2.21. The van der Waals surface area contributed by atoms with Crippen molar-refractivity contribution >= 4 is 23.7 Å². The molecule has 0 bridgehead atoms. The van der Waals surface area contributed by atoms with Crippen molar-refractivity contribution in [3.8, 4) is 5.75 Å². The first-order valence-corrected chi connectivity index (χ1v) is 7.54. The third-order valence-electron chi connectivity index (χ3n) is 3.66. The van der Waals surface area contributed by atoms with Gasteiger partial charge < -0.3 is 19.5 Å². The molecule has 0 saturated heterocycles. The first kappa shape index (κ1) is 16.4. The first-order chi connectivity index (χ1) is 12.0. The van der Waals surface area contributed by atoms with E-state index in [9.17, 15) is 14.7 Å². The monoisotopic (exact) mass is 336 g/mol. The molecule has 3 rings (SSSR count). The molecule has 2 aromatic rings. The zero-order valence-corrected chi connectivity index (χ0v) is 13.4. The van der Waals surface area contributed by atoms with Crippen LogP contribution in [-0.2, 0) is 16.2 Å². The van der Waals surface area contributed by atoms with Gasteiger partial charge >= 0.3 is 5.97 Å². The van der Waals surface area contributed by atoms with Crippen LogP contribution in [0, 0.1) is 0 Å². The van der Waals surface area contributed by atoms with E-state index in [4.69, 9.17) is 4.74 Å². The Balaban J connectivity index is 1.63. The molecule has 0 aliphatic carbocycles. The predicted octanol–water partition coefficient (Wildman–Crippen LogP) is 1.95. The molecule has 0 saturated carbocycles. The number of hydrogen-bond donors (Lipinski definition) is 0. The molecule has 1 aliphatic rings. The summed E-state index contributed by atoms with van der Waals surface area (Å²) in [6.45, 7) is 2.02. The van der Waals surface area contributed by atoms with E-state index in [0.717, 1.165) is 11.1 Å². The van der Waals surface area contributed by atoms with Gasteiger partial charge in [-0.1, -0.05) is 41.6 Å². The number of rotatable bonds is 5. The Bertz CT molecular complexity index is 864. The molecule has 6 heteroatoms. The van der Waals surface area contributed by atoms with E-state index in [1.165, 1.54) is 12.1 Å². The van der Waals surface area contributed by atoms with Gasteiger partial charge in [0.2, 0.25) is 0 Å². The molecule has 0 fully saturated rings. The smallest absolute Gasteiger partial charge is 0.367 e. The molecule has 0 radical (unpaired) electrons. The van der Waals surface area contributed by atoms with Crippen LogP contribution in [0.25, 0.3) is 6.08 Å². The van der Waals surface area contributed by atoms with Gasteiger partial charge in [0.1, 0.15) is 12.4 Å². The van der Waals surface area contributed by atoms with Crippen LogP contribution in [0.5, 0.6) is 5.75 Å². The molecule has 0 amide bonds. The lowest BCUT2D eigenvalue weighted by atomic mass is 10.1. The maximum Gasteiger partial charge on any atom is 0.367 e. The average molecular weight is 336 g/mol. The number of nitrogens with zero attached hydrogens (tertiary/aromatic N) is 1. The lowest BCUT2D eigenvalue weighted by Crippen LogP contribution is -2.22. The molecule has 1 aliphatic heterocycles. The van der Waals surface area contributed by atoms with Gasteiger partial charge in [0.05, 0.1) is 17.3 Å². The standard InChI is InChI=1S/C19H15NO5/c1-12-17(19(23)25-20-12)10-13-4-8-16(9-5-13)24-11-14-2-6-15(7-3-14)18(21)22/h2-10H,11H2,1H3,(H,21,22)/p-1/b17-10-. The van der Waals surface area contributed by atoms with Gasteiger partial charge in [0.15, 0.2) is 0 Å². The fourth-order valence-electron chi connectivity index (χ4n) is 2.25. The van der Waals surface area contributed by atoms with Gasteiger partial charge in [-0.05, 0) is 41.8 Å². The molecule has 0 aromatic heterocycles. The highest BCUT2D eigenvalue weighted by atomic mass is 16.7. The van der Waals surface area contributed by atoms with Gasteiger partial charge in [-0.15, -0.1) is 0 Å². The highest BCUT2D eigenvalue weighted by molar-refractivity contribution is 6.24. The minimum absolute atomic E-state index is 0.130. The number of benzene rings is 2. The summed E-state index contributed by atoms with van der Waals surface area (Å²) in [5.74, 6) is -1.01. The Morgan fingerprint density at radius 2 is 1.84 bits per heavy atom. The summed E-state index contributed by atoms with van der Waals surface area (Å²) in [4.78, 5) is 26.8. The van der Waals surface area contributed by atoms with Gasteiger partial charge in [0.25, 0.3) is 0 Å². The Morgan fingerprint density at radius 1 is 1.16 bits per heavy atom. The van der Waals surface area contributed by atoms with Crippen LogP contribution < -0.4 is 9.84 Å². The molecular formula is C19H14NO5-. The van der Waals surface area contributed by atoms with E-state index in [0.29, 0.717) is 23.6 Å². The molecule has 0 N–H and O–H groups in total. The largest absolute Gasteiger partial charge is 0.545 e. The fraction of sp³-hybridized carbons (Fsp3) is 0.105. The van der Waals surface area contributed by atoms with Crippen molar-refractivity contribution in [1.82, 2.24) is 0 Å². The maximum atomic E-state index is 11.5. The van der Waals surface area contributed by atoms with E-state index in [1.54, 1.807) is 37.3 Å². The van der Waals surface area contributed by atoms with E-state index < -0.39 is 11.9 Å². The SMILES string of the molecule is CC1=NOC(=O)/C1=C\c1ccc(OCc2ccc(C(=O)[O-])cc2)cc1. The molecule has 0 spiro atoms. The lowest BCUT2D eigenvalue weighted by Gasteiger charge is -2.08. The van der Waals surface area contributed by atoms with Gasteiger partial charge in [-0.2, -0.15) is 0 Å². The van der Waals surface area contributed by atoms with Crippen molar-refractivity contribution in [3.63, 3.8) is 0 Å². The Hall–Kier alpha value is -3.41. The van der Waals surface area contributed by atoms with Crippen molar-refractivity contribution in [1.29, 1.82) is 0 Å². The van der Waals surface area contributed by atoms with Crippen LogP contribution in [0.2, 0.25) is 0 Å². The van der Waals surface area contributed by atoms with E-state index in [1.807, 2.05) is 12.1 Å². The summed E-state index contributed by atoms with van der Waals surface area (Å²) in [6, 6.07) is 13.5. The molecule has 0 atom stereocenters. The van der Waals surface area contributed by atoms with Gasteiger partial charge in [-0.3, -0.25) is 0 Å². The van der Waals surface area contributed by atoms with Gasteiger partial charge in [0, 0.05) is 0 Å². The third-order valence-corrected chi connectivity index (χ3v) is 3.66. The average Bonchev–Trinajstić information content (AvgIpc) is 2.93. The zero-order chi connectivity index (χ0) is 17.8. The van der Waals surface area contributed by atoms with Crippen molar-refractivity contribution in [2.75, 3.05) is 0 Å². The summed E-state index contributed by atoms with van der Waals surface area (Å²) >= 11 is 0. The predicted molar refractivity (Wildman–Crippen MR) is 88.7 cm³/mol. The van der Waals surface area contributed by atoms with E-state index in [-0.39, 0.29) is 5.56 Å². The number of oxime groups is 1. The van der Waals surface area contributed by atoms with Gasteiger partial charge in [-0.25, -0.2) is 4.79 Å². The van der Waals surface area contributed by atoms with Crippen molar-refractivity contribution in [2.45, 2.75) is 13.5 Å². The topological polar surface area (TPSA) is 88.0 Å². The van der Waals surface area contributed by atoms with E-state index >= 15 is 0 Å². The Morgan fingerprint density at radius 3 is 2.40 bits per heavy atom. The summed E-state index contributed by atoms with van der Waals surface area (Å²) in [5.41, 5.74) is 2.78. The van der Waals surface area contributed by atoms with Crippen LogP contribution in [0.4, 0.5) is 0 Å². The zero-order valence-electron chi connectivity index (χ0n) is 13.4. The lowest BCUT2D eigenvalue weighted by molar-refractivity contribution is -0.255. The number of hydrogen-bond acceptors (Lipinski definition) is 6. The minimum atomic E-state index is -1.20. The summed E-state index contributed by atoms with van der Waals surface area (Å²) in [7, 11) is 0. The summed E-state index contributed by atoms with van der Waals surface area (Å²) < 4.78 is 5.66. The maximum absolute atomic E-state index is 11.5. The Kier molecular flexibility index (Phi) is 4.61. The normalized spacial score (nSPS) is 15.0. The van der Waals surface area contributed by atoms with Crippen molar-refractivity contribution in [3.05, 3.63) is 70.8 Å². The number of carboxylic acid groups (broad SMARTS) is 1. The highest BCUT2D eigenvalue weighted by Crippen LogP contribution is 2.19. The molecule has 25 heavy (non-hydrogen) atoms. The molecule has 6 nitrogen and oxygen atoms in total.